The van der Waals surface area contributed by atoms with Crippen LogP contribution in [0.4, 0.5) is 0 Å². The third-order valence-corrected chi connectivity index (χ3v) is 2.76. The zero-order chi connectivity index (χ0) is 9.97. The molecule has 1 heterocycles. The molecule has 1 aromatic carbocycles. The molecule has 0 amide bonds. The summed E-state index contributed by atoms with van der Waals surface area (Å²) in [5.74, 6) is 0. The second kappa shape index (κ2) is 3.81. The summed E-state index contributed by atoms with van der Waals surface area (Å²) in [6, 6.07) is 8.24. The second-order valence-electron chi connectivity index (χ2n) is 3.94. The molecule has 0 saturated heterocycles. The molecule has 0 aromatic heterocycles. The second-order valence-corrected chi connectivity index (χ2v) is 3.94. The van der Waals surface area contributed by atoms with Gasteiger partial charge in [0.25, 0.3) is 0 Å². The van der Waals surface area contributed by atoms with Gasteiger partial charge in [-0.1, -0.05) is 6.07 Å². The maximum absolute atomic E-state index is 8.80. The van der Waals surface area contributed by atoms with Gasteiger partial charge in [0.15, 0.2) is 0 Å². The fraction of sp³-hybridized carbons (Fsp3) is 0.417. The summed E-state index contributed by atoms with van der Waals surface area (Å²) in [5.41, 5.74) is 3.52. The molecule has 2 nitrogen and oxygen atoms in total. The van der Waals surface area contributed by atoms with E-state index in [0.29, 0.717) is 0 Å². The van der Waals surface area contributed by atoms with Crippen molar-refractivity contribution in [3.8, 4) is 6.07 Å². The molecule has 1 aliphatic heterocycles. The SMILES string of the molecule is CN1CCCc2cc(C#N)ccc2C1. The Labute approximate surface area is 84.8 Å². The summed E-state index contributed by atoms with van der Waals surface area (Å²) in [5, 5.41) is 8.80. The Bertz CT molecular complexity index is 376. The van der Waals surface area contributed by atoms with Crippen molar-refractivity contribution in [2.75, 3.05) is 13.6 Å². The third-order valence-electron chi connectivity index (χ3n) is 2.76. The van der Waals surface area contributed by atoms with Gasteiger partial charge >= 0.3 is 0 Å². The van der Waals surface area contributed by atoms with E-state index >= 15 is 0 Å². The average molecular weight is 186 g/mol. The predicted octanol–water partition coefficient (Wildman–Crippen LogP) is 1.94. The first-order valence-corrected chi connectivity index (χ1v) is 5.00. The number of hydrogen-bond acceptors (Lipinski definition) is 2. The van der Waals surface area contributed by atoms with Crippen LogP contribution < -0.4 is 0 Å². The molecule has 0 radical (unpaired) electrons. The van der Waals surface area contributed by atoms with Gasteiger partial charge in [-0.15, -0.1) is 0 Å². The number of benzene rings is 1. The molecule has 0 atom stereocenters. The zero-order valence-corrected chi connectivity index (χ0v) is 8.45. The van der Waals surface area contributed by atoms with Crippen molar-refractivity contribution in [3.05, 3.63) is 34.9 Å². The van der Waals surface area contributed by atoms with Crippen LogP contribution in [-0.4, -0.2) is 18.5 Å². The molecule has 0 spiro atoms. The first-order valence-electron chi connectivity index (χ1n) is 5.00. The summed E-state index contributed by atoms with van der Waals surface area (Å²) < 4.78 is 0. The Balaban J connectivity index is 2.37. The van der Waals surface area contributed by atoms with E-state index in [1.165, 1.54) is 17.5 Å². The van der Waals surface area contributed by atoms with Gasteiger partial charge in [-0.05, 0) is 49.7 Å². The zero-order valence-electron chi connectivity index (χ0n) is 8.45. The number of hydrogen-bond donors (Lipinski definition) is 0. The fourth-order valence-corrected chi connectivity index (χ4v) is 1.99. The Hall–Kier alpha value is -1.33. The molecule has 1 aromatic rings. The Morgan fingerprint density at radius 3 is 3.00 bits per heavy atom. The molecule has 72 valence electrons. The number of nitriles is 1. The van der Waals surface area contributed by atoms with Crippen molar-refractivity contribution < 1.29 is 0 Å². The minimum atomic E-state index is 0.785. The first kappa shape index (κ1) is 9.23. The molecule has 1 aliphatic rings. The van der Waals surface area contributed by atoms with Crippen LogP contribution in [0.1, 0.15) is 23.1 Å². The quantitative estimate of drug-likeness (QED) is 0.619. The van der Waals surface area contributed by atoms with E-state index in [-0.39, 0.29) is 0 Å². The Morgan fingerprint density at radius 2 is 2.21 bits per heavy atom. The molecular weight excluding hydrogens is 172 g/mol. The third kappa shape index (κ3) is 1.78. The van der Waals surface area contributed by atoms with Gasteiger partial charge in [0.05, 0.1) is 11.6 Å². The van der Waals surface area contributed by atoms with Crippen molar-refractivity contribution in [2.24, 2.45) is 0 Å². The number of fused-ring (bicyclic) bond motifs is 1. The molecule has 2 heteroatoms. The van der Waals surface area contributed by atoms with Gasteiger partial charge < -0.3 is 4.90 Å². The minimum absolute atomic E-state index is 0.785. The van der Waals surface area contributed by atoms with Gasteiger partial charge in [0, 0.05) is 6.54 Å². The van der Waals surface area contributed by atoms with E-state index in [1.807, 2.05) is 12.1 Å². The monoisotopic (exact) mass is 186 g/mol. The van der Waals surface area contributed by atoms with Gasteiger partial charge in [-0.2, -0.15) is 5.26 Å². The van der Waals surface area contributed by atoms with Crippen LogP contribution in [0.25, 0.3) is 0 Å². The van der Waals surface area contributed by atoms with Crippen molar-refractivity contribution in [3.63, 3.8) is 0 Å². The van der Waals surface area contributed by atoms with Crippen LogP contribution in [0.15, 0.2) is 18.2 Å². The molecule has 0 unspecified atom stereocenters. The fourth-order valence-electron chi connectivity index (χ4n) is 1.99. The molecule has 0 saturated carbocycles. The summed E-state index contributed by atoms with van der Waals surface area (Å²) in [4.78, 5) is 2.33. The predicted molar refractivity (Wildman–Crippen MR) is 55.8 cm³/mol. The minimum Gasteiger partial charge on any atom is -0.302 e. The summed E-state index contributed by atoms with van der Waals surface area (Å²) >= 11 is 0. The van der Waals surface area contributed by atoms with Crippen molar-refractivity contribution in [1.29, 1.82) is 5.26 Å². The smallest absolute Gasteiger partial charge is 0.0991 e. The van der Waals surface area contributed by atoms with Gasteiger partial charge in [-0.25, -0.2) is 0 Å². The largest absolute Gasteiger partial charge is 0.302 e. The van der Waals surface area contributed by atoms with Gasteiger partial charge in [0.2, 0.25) is 0 Å². The standard InChI is InChI=1S/C12H14N2/c1-14-6-2-3-11-7-10(8-13)4-5-12(11)9-14/h4-5,7H,2-3,6,9H2,1H3. The van der Waals surface area contributed by atoms with Crippen LogP contribution in [0, 0.1) is 11.3 Å². The summed E-state index contributed by atoms with van der Waals surface area (Å²) in [6.45, 7) is 2.16. The molecular formula is C12H14N2. The van der Waals surface area contributed by atoms with Crippen molar-refractivity contribution in [2.45, 2.75) is 19.4 Å². The first-order chi connectivity index (χ1) is 6.79. The maximum Gasteiger partial charge on any atom is 0.0991 e. The van der Waals surface area contributed by atoms with E-state index in [0.717, 1.165) is 25.1 Å². The number of rotatable bonds is 0. The van der Waals surface area contributed by atoms with Crippen molar-refractivity contribution >= 4 is 0 Å². The van der Waals surface area contributed by atoms with E-state index in [1.54, 1.807) is 0 Å². The highest BCUT2D eigenvalue weighted by molar-refractivity contribution is 5.38. The highest BCUT2D eigenvalue weighted by Crippen LogP contribution is 2.18. The average Bonchev–Trinajstić information content (AvgIpc) is 2.37. The lowest BCUT2D eigenvalue weighted by Crippen LogP contribution is -2.16. The van der Waals surface area contributed by atoms with Gasteiger partial charge in [0.1, 0.15) is 0 Å². The molecule has 2 rings (SSSR count). The lowest BCUT2D eigenvalue weighted by Gasteiger charge is -2.13. The lowest BCUT2D eigenvalue weighted by atomic mass is 10.0. The lowest BCUT2D eigenvalue weighted by molar-refractivity contribution is 0.332. The molecule has 14 heavy (non-hydrogen) atoms. The topological polar surface area (TPSA) is 27.0 Å². The van der Waals surface area contributed by atoms with Crippen LogP contribution in [0.3, 0.4) is 0 Å². The molecule has 0 aliphatic carbocycles. The summed E-state index contributed by atoms with van der Waals surface area (Å²) in [7, 11) is 2.15. The molecule has 0 N–H and O–H groups in total. The van der Waals surface area contributed by atoms with E-state index < -0.39 is 0 Å². The Kier molecular flexibility index (Phi) is 2.51. The highest BCUT2D eigenvalue weighted by atomic mass is 15.1. The van der Waals surface area contributed by atoms with Crippen LogP contribution >= 0.6 is 0 Å². The van der Waals surface area contributed by atoms with Crippen LogP contribution in [-0.2, 0) is 13.0 Å². The molecule has 0 fully saturated rings. The van der Waals surface area contributed by atoms with E-state index in [4.69, 9.17) is 5.26 Å². The molecule has 0 bridgehead atoms. The maximum atomic E-state index is 8.80. The Morgan fingerprint density at radius 1 is 1.36 bits per heavy atom. The van der Waals surface area contributed by atoms with Gasteiger partial charge in [-0.3, -0.25) is 0 Å². The normalized spacial score (nSPS) is 16.9. The van der Waals surface area contributed by atoms with Crippen LogP contribution in [0.2, 0.25) is 0 Å². The summed E-state index contributed by atoms with van der Waals surface area (Å²) in [6.07, 6.45) is 2.30. The van der Waals surface area contributed by atoms with Crippen molar-refractivity contribution in [1.82, 2.24) is 4.90 Å². The number of nitrogens with zero attached hydrogens (tertiary/aromatic N) is 2. The van der Waals surface area contributed by atoms with Crippen LogP contribution in [0.5, 0.6) is 0 Å². The van der Waals surface area contributed by atoms with E-state index in [9.17, 15) is 0 Å². The number of aryl methyl sites for hydroxylation is 1. The van der Waals surface area contributed by atoms with E-state index in [2.05, 4.69) is 24.1 Å². The highest BCUT2D eigenvalue weighted by Gasteiger charge is 2.11.